The number of nitrogens with one attached hydrogen (secondary N) is 1. The highest BCUT2D eigenvalue weighted by atomic mass is 35.5. The summed E-state index contributed by atoms with van der Waals surface area (Å²) in [6.07, 6.45) is 8.37. The number of aromatic nitrogens is 2. The Bertz CT molecular complexity index is 1950. The van der Waals surface area contributed by atoms with E-state index in [1.54, 1.807) is 13.2 Å². The van der Waals surface area contributed by atoms with Crippen molar-refractivity contribution in [1.82, 2.24) is 15.3 Å². The summed E-state index contributed by atoms with van der Waals surface area (Å²) in [5.41, 5.74) is 7.67. The zero-order valence-corrected chi connectivity index (χ0v) is 35.1. The number of ether oxygens (including phenoxy) is 4. The number of carboxylic acids is 2. The highest BCUT2D eigenvalue weighted by molar-refractivity contribution is 6.32. The molecule has 0 bridgehead atoms. The van der Waals surface area contributed by atoms with Crippen molar-refractivity contribution < 1.29 is 38.7 Å². The molecule has 0 spiro atoms. The second-order valence-corrected chi connectivity index (χ2v) is 16.2. The van der Waals surface area contributed by atoms with E-state index in [0.717, 1.165) is 95.9 Å². The summed E-state index contributed by atoms with van der Waals surface area (Å²) < 4.78 is 23.6. The van der Waals surface area contributed by atoms with Crippen LogP contribution in [-0.2, 0) is 35.8 Å². The van der Waals surface area contributed by atoms with Crippen LogP contribution >= 0.6 is 23.2 Å². The van der Waals surface area contributed by atoms with E-state index in [1.807, 2.05) is 30.3 Å². The van der Waals surface area contributed by atoms with Gasteiger partial charge in [-0.3, -0.25) is 9.59 Å². The molecule has 0 radical (unpaired) electrons. The number of rotatable bonds is 17. The molecule has 4 atom stereocenters. The second kappa shape index (κ2) is 19.9. The van der Waals surface area contributed by atoms with Crippen LogP contribution in [0.4, 0.5) is 0 Å². The number of carbonyl (C=O) groups is 2. The number of halogens is 2. The fourth-order valence-corrected chi connectivity index (χ4v) is 8.99. The van der Waals surface area contributed by atoms with Crippen molar-refractivity contribution in [2.75, 3.05) is 14.2 Å². The molecule has 2 aliphatic carbocycles. The zero-order chi connectivity index (χ0) is 41.3. The Labute approximate surface area is 350 Å². The van der Waals surface area contributed by atoms with E-state index >= 15 is 0 Å². The molecule has 11 nitrogen and oxygen atoms in total. The summed E-state index contributed by atoms with van der Waals surface area (Å²) in [4.78, 5) is 32.8. The molecule has 58 heavy (non-hydrogen) atoms. The van der Waals surface area contributed by atoms with Crippen LogP contribution in [0.5, 0.6) is 23.5 Å². The summed E-state index contributed by atoms with van der Waals surface area (Å²) in [5, 5.41) is 23.5. The first-order valence-electron chi connectivity index (χ1n) is 20.1. The first kappa shape index (κ1) is 43.0. The Kier molecular flexibility index (Phi) is 14.8. The van der Waals surface area contributed by atoms with E-state index in [9.17, 15) is 19.8 Å². The summed E-state index contributed by atoms with van der Waals surface area (Å²) >= 11 is 13.4. The smallest absolute Gasteiger partial charge is 0.308 e. The summed E-state index contributed by atoms with van der Waals surface area (Å²) in [5.74, 6) is -0.795. The number of nitrogens with zero attached hydrogens (tertiary/aromatic N) is 2. The highest BCUT2D eigenvalue weighted by Gasteiger charge is 2.32. The summed E-state index contributed by atoms with van der Waals surface area (Å²) in [6.45, 7) is 4.95. The van der Waals surface area contributed by atoms with Gasteiger partial charge in [-0.2, -0.15) is 9.97 Å². The van der Waals surface area contributed by atoms with E-state index in [0.29, 0.717) is 41.2 Å². The molecule has 0 saturated heterocycles. The van der Waals surface area contributed by atoms with Gasteiger partial charge in [0.15, 0.2) is 0 Å². The van der Waals surface area contributed by atoms with Crippen LogP contribution < -0.4 is 24.3 Å². The van der Waals surface area contributed by atoms with Gasteiger partial charge in [0.25, 0.3) is 0 Å². The Balaban J connectivity index is 1.11. The third-order valence-electron chi connectivity index (χ3n) is 11.9. The molecule has 2 fully saturated rings. The maximum absolute atomic E-state index is 11.8. The number of aliphatic carboxylic acids is 2. The van der Waals surface area contributed by atoms with Crippen molar-refractivity contribution in [3.8, 4) is 34.6 Å². The van der Waals surface area contributed by atoms with Gasteiger partial charge in [-0.05, 0) is 104 Å². The van der Waals surface area contributed by atoms with Crippen molar-refractivity contribution in [2.24, 2.45) is 17.8 Å². The van der Waals surface area contributed by atoms with Crippen LogP contribution in [0, 0.1) is 31.6 Å². The monoisotopic (exact) mass is 833 g/mol. The molecule has 4 aromatic rings. The fourth-order valence-electron chi connectivity index (χ4n) is 8.54. The van der Waals surface area contributed by atoms with Crippen LogP contribution in [0.15, 0.2) is 48.5 Å². The molecular weight excluding hydrogens is 781 g/mol. The van der Waals surface area contributed by atoms with Crippen LogP contribution in [0.2, 0.25) is 10.0 Å². The lowest BCUT2D eigenvalue weighted by Gasteiger charge is -2.29. The van der Waals surface area contributed by atoms with Gasteiger partial charge >= 0.3 is 11.9 Å². The molecule has 2 aromatic carbocycles. The Hall–Kier alpha value is -4.58. The number of methoxy groups -OCH3 is 2. The van der Waals surface area contributed by atoms with Gasteiger partial charge < -0.3 is 34.5 Å². The lowest BCUT2D eigenvalue weighted by Crippen LogP contribution is -2.41. The zero-order valence-electron chi connectivity index (χ0n) is 33.6. The predicted molar refractivity (Wildman–Crippen MR) is 223 cm³/mol. The SMILES string of the molecule is COc1nc(OCc2cccc(-c3cccc(COc4nc(OC)c(CN[C@H]5CCCC[C@H]5C(=O)O)cc4Cl)c3C)c2C)c(Cl)cc1CC[C@H]1CCCC[C@H]1C(=O)O. The third-order valence-corrected chi connectivity index (χ3v) is 12.5. The van der Waals surface area contributed by atoms with Crippen LogP contribution in [0.3, 0.4) is 0 Å². The largest absolute Gasteiger partial charge is 0.481 e. The van der Waals surface area contributed by atoms with E-state index in [4.69, 9.17) is 42.1 Å². The molecule has 2 heterocycles. The lowest BCUT2D eigenvalue weighted by atomic mass is 9.76. The minimum absolute atomic E-state index is 0.118. The van der Waals surface area contributed by atoms with Gasteiger partial charge in [0.05, 0.1) is 26.1 Å². The van der Waals surface area contributed by atoms with Crippen molar-refractivity contribution in [1.29, 1.82) is 0 Å². The lowest BCUT2D eigenvalue weighted by molar-refractivity contribution is -0.145. The molecular formula is C45H53Cl2N3O8. The number of carboxylic acid groups (broad SMARTS) is 2. The molecule has 0 amide bonds. The molecule has 13 heteroatoms. The Morgan fingerprint density at radius 3 is 1.74 bits per heavy atom. The molecule has 6 rings (SSSR count). The van der Waals surface area contributed by atoms with Gasteiger partial charge in [0.1, 0.15) is 23.3 Å². The first-order chi connectivity index (χ1) is 28.0. The van der Waals surface area contributed by atoms with E-state index in [1.165, 1.54) is 7.11 Å². The van der Waals surface area contributed by atoms with Gasteiger partial charge in [-0.15, -0.1) is 0 Å². The fraction of sp³-hybridized carbons (Fsp3) is 0.467. The Morgan fingerprint density at radius 1 is 0.690 bits per heavy atom. The molecule has 2 aromatic heterocycles. The van der Waals surface area contributed by atoms with E-state index < -0.39 is 17.9 Å². The normalized spacial score (nSPS) is 19.3. The van der Waals surface area contributed by atoms with Gasteiger partial charge in [-0.1, -0.05) is 85.3 Å². The number of hydrogen-bond donors (Lipinski definition) is 3. The molecule has 0 aliphatic heterocycles. The van der Waals surface area contributed by atoms with Crippen LogP contribution in [0.25, 0.3) is 11.1 Å². The minimum atomic E-state index is -0.775. The summed E-state index contributed by atoms with van der Waals surface area (Å²) in [6, 6.07) is 15.6. The highest BCUT2D eigenvalue weighted by Crippen LogP contribution is 2.37. The van der Waals surface area contributed by atoms with Crippen LogP contribution in [-0.4, -0.2) is 52.4 Å². The Morgan fingerprint density at radius 2 is 1.19 bits per heavy atom. The average molecular weight is 835 g/mol. The number of hydrogen-bond acceptors (Lipinski definition) is 9. The minimum Gasteiger partial charge on any atom is -0.481 e. The average Bonchev–Trinajstić information content (AvgIpc) is 3.22. The van der Waals surface area contributed by atoms with Gasteiger partial charge in [-0.25, -0.2) is 0 Å². The van der Waals surface area contributed by atoms with Crippen molar-refractivity contribution in [3.63, 3.8) is 0 Å². The maximum atomic E-state index is 11.8. The van der Waals surface area contributed by atoms with E-state index in [-0.39, 0.29) is 42.9 Å². The predicted octanol–water partition coefficient (Wildman–Crippen LogP) is 9.80. The van der Waals surface area contributed by atoms with E-state index in [2.05, 4.69) is 41.3 Å². The number of aryl methyl sites for hydroxylation is 1. The van der Waals surface area contributed by atoms with Crippen LogP contribution in [0.1, 0.15) is 91.2 Å². The van der Waals surface area contributed by atoms with Gasteiger partial charge in [0.2, 0.25) is 23.5 Å². The topological polar surface area (TPSA) is 149 Å². The van der Waals surface area contributed by atoms with Crippen molar-refractivity contribution >= 4 is 35.1 Å². The second-order valence-electron chi connectivity index (χ2n) is 15.4. The molecule has 3 N–H and O–H groups in total. The molecule has 2 aliphatic rings. The third kappa shape index (κ3) is 10.2. The first-order valence-corrected chi connectivity index (χ1v) is 20.8. The quantitative estimate of drug-likeness (QED) is 0.0933. The molecule has 0 unspecified atom stereocenters. The number of benzene rings is 2. The standard InChI is InChI=1S/C45H53Cl2N3O8/c1-26-30(24-57-42-37(46)21-29(40(49-42)55-3)20-19-28-11-5-6-14-35(28)44(51)52)12-9-16-33(26)34-17-10-13-31(27(34)2)25-58-43-38(47)22-32(41(50-43)56-4)23-48-39-18-8-7-15-36(39)45(53)54/h9-10,12-13,16-17,21-22,28,35-36,39,48H,5-8,11,14-15,18-20,23-25H2,1-4H3,(H,51,52)(H,53,54)/t28-,35-,36-,39+/m1/s1. The van der Waals surface area contributed by atoms with Crippen molar-refractivity contribution in [3.05, 3.63) is 92.0 Å². The van der Waals surface area contributed by atoms with Gasteiger partial charge in [0, 0.05) is 23.7 Å². The van der Waals surface area contributed by atoms with Crippen molar-refractivity contribution in [2.45, 2.75) is 104 Å². The molecule has 310 valence electrons. The number of pyridine rings is 2. The molecule has 2 saturated carbocycles. The maximum Gasteiger partial charge on any atom is 0.308 e. The summed E-state index contributed by atoms with van der Waals surface area (Å²) in [7, 11) is 3.10.